The van der Waals surface area contributed by atoms with Crippen LogP contribution in [-0.2, 0) is 6.42 Å². The van der Waals surface area contributed by atoms with Gasteiger partial charge >= 0.3 is 0 Å². The summed E-state index contributed by atoms with van der Waals surface area (Å²) in [5, 5.41) is 2.80. The van der Waals surface area contributed by atoms with Crippen LogP contribution in [0.3, 0.4) is 0 Å². The molecule has 4 rings (SSSR count). The molecule has 3 aromatic carbocycles. The third-order valence-electron chi connectivity index (χ3n) is 4.92. The highest BCUT2D eigenvalue weighted by Gasteiger charge is 2.32. The van der Waals surface area contributed by atoms with Gasteiger partial charge in [0.05, 0.1) is 12.1 Å². The predicted octanol–water partition coefficient (Wildman–Crippen LogP) is 5.00. The van der Waals surface area contributed by atoms with E-state index in [1.54, 1.807) is 18.2 Å². The maximum atomic E-state index is 12.6. The average Bonchev–Trinajstić information content (AvgIpc) is 3.11. The molecule has 0 unspecified atom stereocenters. The van der Waals surface area contributed by atoms with Crippen molar-refractivity contribution in [2.75, 3.05) is 13.2 Å². The molecule has 0 aromatic heterocycles. The van der Waals surface area contributed by atoms with Crippen LogP contribution in [0.4, 0.5) is 0 Å². The van der Waals surface area contributed by atoms with Crippen LogP contribution in [0.5, 0.6) is 23.0 Å². The minimum atomic E-state index is -0.247. The van der Waals surface area contributed by atoms with Gasteiger partial charge in [-0.05, 0) is 44.2 Å². The molecule has 3 aromatic rings. The zero-order chi connectivity index (χ0) is 22.4. The van der Waals surface area contributed by atoms with E-state index in [1.807, 2.05) is 48.5 Å². The first kappa shape index (κ1) is 21.3. The van der Waals surface area contributed by atoms with Gasteiger partial charge in [0.25, 0.3) is 5.91 Å². The van der Waals surface area contributed by atoms with Crippen molar-refractivity contribution < 1.29 is 19.0 Å². The highest BCUT2D eigenvalue weighted by molar-refractivity contribution is 5.97. The Morgan fingerprint density at radius 1 is 0.969 bits per heavy atom. The minimum Gasteiger partial charge on any atom is -0.483 e. The lowest BCUT2D eigenvalue weighted by Crippen LogP contribution is -2.24. The van der Waals surface area contributed by atoms with Crippen LogP contribution in [0.25, 0.3) is 0 Å². The smallest absolute Gasteiger partial charge is 0.255 e. The predicted molar refractivity (Wildman–Crippen MR) is 123 cm³/mol. The third kappa shape index (κ3) is 5.22. The van der Waals surface area contributed by atoms with E-state index in [0.717, 1.165) is 17.7 Å². The molecule has 0 atom stereocenters. The van der Waals surface area contributed by atoms with Crippen LogP contribution >= 0.6 is 0 Å². The van der Waals surface area contributed by atoms with Crippen LogP contribution in [0, 0.1) is 11.8 Å². The fourth-order valence-corrected chi connectivity index (χ4v) is 3.51. The number of nitrogens with one attached hydrogen (secondary N) is 1. The number of hydrogen-bond acceptors (Lipinski definition) is 4. The molecule has 0 bridgehead atoms. The fraction of sp³-hybridized carbons (Fsp3) is 0.222. The molecule has 5 nitrogen and oxygen atoms in total. The minimum absolute atomic E-state index is 0.207. The van der Waals surface area contributed by atoms with Crippen LogP contribution in [0.2, 0.25) is 0 Å². The lowest BCUT2D eigenvalue weighted by Gasteiger charge is -2.17. The SMILES string of the molecule is CC1(C)Cc2cccc(OCC#CCNC(=O)c3ccccc3Oc3ccccc3)c2O1. The molecule has 1 heterocycles. The number of ether oxygens (including phenoxy) is 3. The van der Waals surface area contributed by atoms with E-state index >= 15 is 0 Å². The molecular formula is C27H25NO4. The van der Waals surface area contributed by atoms with Crippen molar-refractivity contribution in [2.24, 2.45) is 0 Å². The second-order valence-electron chi connectivity index (χ2n) is 8.02. The van der Waals surface area contributed by atoms with Gasteiger partial charge in [-0.2, -0.15) is 0 Å². The Kier molecular flexibility index (Phi) is 6.32. The quantitative estimate of drug-likeness (QED) is 0.562. The molecule has 0 saturated heterocycles. The second kappa shape index (κ2) is 9.49. The Hall–Kier alpha value is -3.91. The first-order valence-corrected chi connectivity index (χ1v) is 10.5. The van der Waals surface area contributed by atoms with Crippen LogP contribution in [0.1, 0.15) is 29.8 Å². The van der Waals surface area contributed by atoms with Gasteiger partial charge in [-0.1, -0.05) is 54.3 Å². The van der Waals surface area contributed by atoms with Crippen molar-refractivity contribution in [1.82, 2.24) is 5.32 Å². The number of para-hydroxylation sites is 3. The van der Waals surface area contributed by atoms with Crippen molar-refractivity contribution in [3.63, 3.8) is 0 Å². The molecule has 1 amide bonds. The molecule has 0 radical (unpaired) electrons. The fourth-order valence-electron chi connectivity index (χ4n) is 3.51. The van der Waals surface area contributed by atoms with Gasteiger partial charge in [-0.3, -0.25) is 4.79 Å². The highest BCUT2D eigenvalue weighted by Crippen LogP contribution is 2.41. The summed E-state index contributed by atoms with van der Waals surface area (Å²) in [6.07, 6.45) is 0.854. The zero-order valence-electron chi connectivity index (χ0n) is 18.2. The van der Waals surface area contributed by atoms with E-state index in [4.69, 9.17) is 14.2 Å². The number of hydrogen-bond donors (Lipinski definition) is 1. The molecular weight excluding hydrogens is 402 g/mol. The Bertz CT molecular complexity index is 1160. The second-order valence-corrected chi connectivity index (χ2v) is 8.02. The monoisotopic (exact) mass is 427 g/mol. The molecule has 0 saturated carbocycles. The van der Waals surface area contributed by atoms with Gasteiger partial charge in [-0.25, -0.2) is 0 Å². The Morgan fingerprint density at radius 2 is 1.72 bits per heavy atom. The molecule has 1 N–H and O–H groups in total. The molecule has 0 fully saturated rings. The number of fused-ring (bicyclic) bond motifs is 1. The summed E-state index contributed by atoms with van der Waals surface area (Å²) in [4.78, 5) is 12.6. The van der Waals surface area contributed by atoms with Gasteiger partial charge in [0, 0.05) is 12.0 Å². The van der Waals surface area contributed by atoms with Crippen molar-refractivity contribution in [1.29, 1.82) is 0 Å². The first-order valence-electron chi connectivity index (χ1n) is 10.5. The van der Waals surface area contributed by atoms with E-state index in [2.05, 4.69) is 37.1 Å². The standard InChI is InChI=1S/C27H25NO4/c1-27(2)19-20-11-10-16-24(25(20)32-27)30-18-9-8-17-28-26(29)22-14-6-7-15-23(22)31-21-12-4-3-5-13-21/h3-7,10-16H,17-19H2,1-2H3,(H,28,29). The summed E-state index contributed by atoms with van der Waals surface area (Å²) >= 11 is 0. The van der Waals surface area contributed by atoms with Gasteiger partial charge in [-0.15, -0.1) is 0 Å². The topological polar surface area (TPSA) is 56.8 Å². The summed E-state index contributed by atoms with van der Waals surface area (Å²) in [5.74, 6) is 8.26. The summed E-state index contributed by atoms with van der Waals surface area (Å²) in [6.45, 7) is 4.53. The van der Waals surface area contributed by atoms with Gasteiger partial charge in [0.15, 0.2) is 11.5 Å². The van der Waals surface area contributed by atoms with E-state index in [1.165, 1.54) is 0 Å². The molecule has 0 aliphatic carbocycles. The van der Waals surface area contributed by atoms with E-state index in [0.29, 0.717) is 22.8 Å². The van der Waals surface area contributed by atoms with Gasteiger partial charge < -0.3 is 19.5 Å². The molecule has 32 heavy (non-hydrogen) atoms. The molecule has 1 aliphatic heterocycles. The maximum Gasteiger partial charge on any atom is 0.255 e. The van der Waals surface area contributed by atoms with E-state index < -0.39 is 0 Å². The lowest BCUT2D eigenvalue weighted by atomic mass is 10.0. The Balaban J connectivity index is 1.30. The number of carbonyl (C=O) groups excluding carboxylic acids is 1. The summed E-state index contributed by atoms with van der Waals surface area (Å²) in [5.41, 5.74) is 1.37. The average molecular weight is 428 g/mol. The lowest BCUT2D eigenvalue weighted by molar-refractivity contribution is 0.0956. The molecule has 162 valence electrons. The number of rotatable bonds is 6. The zero-order valence-corrected chi connectivity index (χ0v) is 18.2. The van der Waals surface area contributed by atoms with E-state index in [9.17, 15) is 4.79 Å². The highest BCUT2D eigenvalue weighted by atomic mass is 16.5. The van der Waals surface area contributed by atoms with Crippen molar-refractivity contribution in [3.8, 4) is 34.8 Å². The summed E-state index contributed by atoms with van der Waals surface area (Å²) < 4.78 is 17.6. The van der Waals surface area contributed by atoms with Crippen molar-refractivity contribution in [2.45, 2.75) is 25.9 Å². The Labute approximate surface area is 188 Å². The summed E-state index contributed by atoms with van der Waals surface area (Å²) in [6, 6.07) is 22.4. The van der Waals surface area contributed by atoms with Gasteiger partial charge in [0.1, 0.15) is 23.7 Å². The number of benzene rings is 3. The number of carbonyl (C=O) groups is 1. The van der Waals surface area contributed by atoms with Crippen molar-refractivity contribution in [3.05, 3.63) is 83.9 Å². The van der Waals surface area contributed by atoms with Crippen molar-refractivity contribution >= 4 is 5.91 Å². The molecule has 5 heteroatoms. The molecule has 0 spiro atoms. The normalized spacial score (nSPS) is 13.2. The maximum absolute atomic E-state index is 12.6. The van der Waals surface area contributed by atoms with Crippen LogP contribution in [0.15, 0.2) is 72.8 Å². The summed E-state index contributed by atoms with van der Waals surface area (Å²) in [7, 11) is 0. The van der Waals surface area contributed by atoms with Crippen LogP contribution < -0.4 is 19.5 Å². The van der Waals surface area contributed by atoms with Crippen LogP contribution in [-0.4, -0.2) is 24.7 Å². The Morgan fingerprint density at radius 3 is 2.56 bits per heavy atom. The number of amides is 1. The van der Waals surface area contributed by atoms with Gasteiger partial charge in [0.2, 0.25) is 0 Å². The third-order valence-corrected chi connectivity index (χ3v) is 4.92. The first-order chi connectivity index (χ1) is 15.5. The van der Waals surface area contributed by atoms with E-state index in [-0.39, 0.29) is 24.7 Å². The molecule has 1 aliphatic rings. The largest absolute Gasteiger partial charge is 0.483 e.